The van der Waals surface area contributed by atoms with E-state index < -0.39 is 0 Å². The topological polar surface area (TPSA) is 71.1 Å². The molecule has 1 atom stereocenters. The molecule has 0 saturated carbocycles. The third-order valence-electron chi connectivity index (χ3n) is 6.27. The number of aryl methyl sites for hydroxylation is 1. The Morgan fingerprint density at radius 2 is 1.69 bits per heavy atom. The van der Waals surface area contributed by atoms with Gasteiger partial charge in [-0.2, -0.15) is 0 Å². The van der Waals surface area contributed by atoms with Crippen molar-refractivity contribution in [3.63, 3.8) is 0 Å². The quantitative estimate of drug-likeness (QED) is 0.575. The van der Waals surface area contributed by atoms with Crippen molar-refractivity contribution in [2.24, 2.45) is 0 Å². The van der Waals surface area contributed by atoms with E-state index in [1.165, 1.54) is 0 Å². The third-order valence-corrected chi connectivity index (χ3v) is 6.27. The molecule has 0 spiro atoms. The fraction of sp³-hybridized carbons (Fsp3) is 0.286. The van der Waals surface area contributed by atoms with Gasteiger partial charge in [0.05, 0.1) is 20.3 Å². The van der Waals surface area contributed by atoms with Gasteiger partial charge in [-0.15, -0.1) is 0 Å². The van der Waals surface area contributed by atoms with Crippen LogP contribution in [0.25, 0.3) is 0 Å². The summed E-state index contributed by atoms with van der Waals surface area (Å²) in [7, 11) is 3.11. The summed E-state index contributed by atoms with van der Waals surface area (Å²) in [5.74, 6) is 0.960. The lowest BCUT2D eigenvalue weighted by atomic mass is 10.0. The van der Waals surface area contributed by atoms with Gasteiger partial charge in [0.25, 0.3) is 5.91 Å². The molecule has 0 radical (unpaired) electrons. The normalized spacial score (nSPS) is 15.5. The molecule has 3 aromatic carbocycles. The first-order chi connectivity index (χ1) is 17.0. The molecule has 1 saturated heterocycles. The second-order valence-electron chi connectivity index (χ2n) is 8.59. The molecule has 0 aliphatic carbocycles. The summed E-state index contributed by atoms with van der Waals surface area (Å²) >= 11 is 0. The zero-order valence-electron chi connectivity index (χ0n) is 20.4. The molecule has 1 fully saturated rings. The highest BCUT2D eigenvalue weighted by Crippen LogP contribution is 2.31. The maximum atomic E-state index is 13.6. The summed E-state index contributed by atoms with van der Waals surface area (Å²) in [5.41, 5.74) is 3.71. The molecule has 7 nitrogen and oxygen atoms in total. The maximum Gasteiger partial charge on any atom is 0.317 e. The summed E-state index contributed by atoms with van der Waals surface area (Å²) < 4.78 is 10.7. The van der Waals surface area contributed by atoms with Gasteiger partial charge in [-0.3, -0.25) is 4.79 Å². The van der Waals surface area contributed by atoms with Crippen molar-refractivity contribution in [1.29, 1.82) is 0 Å². The second-order valence-corrected chi connectivity index (χ2v) is 8.59. The maximum absolute atomic E-state index is 13.6. The monoisotopic (exact) mass is 473 g/mol. The Labute approximate surface area is 206 Å². The summed E-state index contributed by atoms with van der Waals surface area (Å²) in [5, 5.41) is 3.02. The number of carbonyl (C=O) groups is 2. The van der Waals surface area contributed by atoms with Crippen LogP contribution in [0.1, 0.15) is 33.1 Å². The fourth-order valence-electron chi connectivity index (χ4n) is 4.42. The lowest BCUT2D eigenvalue weighted by molar-refractivity contribution is 0.0505. The van der Waals surface area contributed by atoms with Gasteiger partial charge in [-0.1, -0.05) is 60.2 Å². The smallest absolute Gasteiger partial charge is 0.317 e. The molecule has 7 heteroatoms. The molecule has 3 aromatic rings. The summed E-state index contributed by atoms with van der Waals surface area (Å²) in [6.07, 6.45) is 0. The van der Waals surface area contributed by atoms with E-state index in [0.29, 0.717) is 43.2 Å². The molecule has 1 N–H and O–H groups in total. The lowest BCUT2D eigenvalue weighted by Gasteiger charge is -2.41. The van der Waals surface area contributed by atoms with Crippen molar-refractivity contribution in [2.45, 2.75) is 19.5 Å². The van der Waals surface area contributed by atoms with Crippen LogP contribution in [0.15, 0.2) is 72.8 Å². The number of amides is 3. The van der Waals surface area contributed by atoms with Crippen LogP contribution in [-0.4, -0.2) is 55.6 Å². The highest BCUT2D eigenvalue weighted by atomic mass is 16.5. The van der Waals surface area contributed by atoms with Gasteiger partial charge in [0.15, 0.2) is 11.5 Å². The number of nitrogens with one attached hydrogen (secondary N) is 1. The van der Waals surface area contributed by atoms with Crippen molar-refractivity contribution in [3.8, 4) is 11.5 Å². The Hall–Kier alpha value is -4.00. The fourth-order valence-corrected chi connectivity index (χ4v) is 4.42. The zero-order chi connectivity index (χ0) is 24.8. The van der Waals surface area contributed by atoms with Crippen LogP contribution in [0.3, 0.4) is 0 Å². The van der Waals surface area contributed by atoms with Crippen molar-refractivity contribution in [3.05, 3.63) is 95.1 Å². The summed E-state index contributed by atoms with van der Waals surface area (Å²) in [6, 6.07) is 22.7. The van der Waals surface area contributed by atoms with Crippen LogP contribution in [0, 0.1) is 6.92 Å². The van der Waals surface area contributed by atoms with E-state index >= 15 is 0 Å². The predicted molar refractivity (Wildman–Crippen MR) is 135 cm³/mol. The largest absolute Gasteiger partial charge is 0.493 e. The number of piperazine rings is 1. The van der Waals surface area contributed by atoms with Gasteiger partial charge in [-0.25, -0.2) is 4.79 Å². The number of hydrogen-bond donors (Lipinski definition) is 1. The van der Waals surface area contributed by atoms with E-state index in [2.05, 4.69) is 11.4 Å². The number of nitrogens with zero attached hydrogens (tertiary/aromatic N) is 2. The van der Waals surface area contributed by atoms with Crippen LogP contribution in [0.5, 0.6) is 11.5 Å². The molecule has 35 heavy (non-hydrogen) atoms. The molecular weight excluding hydrogens is 442 g/mol. The highest BCUT2D eigenvalue weighted by molar-refractivity contribution is 5.95. The van der Waals surface area contributed by atoms with E-state index in [1.807, 2.05) is 60.4 Å². The average molecular weight is 474 g/mol. The van der Waals surface area contributed by atoms with Crippen molar-refractivity contribution in [1.82, 2.24) is 15.1 Å². The first kappa shape index (κ1) is 24.1. The number of benzene rings is 3. The minimum atomic E-state index is -0.268. The van der Waals surface area contributed by atoms with Crippen molar-refractivity contribution >= 4 is 11.9 Å². The predicted octanol–water partition coefficient (Wildman–Crippen LogP) is 4.42. The Balaban J connectivity index is 1.52. The molecular formula is C28H31N3O4. The van der Waals surface area contributed by atoms with Gasteiger partial charge in [0, 0.05) is 31.7 Å². The third kappa shape index (κ3) is 5.57. The summed E-state index contributed by atoms with van der Waals surface area (Å²) in [4.78, 5) is 30.2. The number of urea groups is 1. The van der Waals surface area contributed by atoms with E-state index in [4.69, 9.17) is 9.47 Å². The Bertz CT molecular complexity index is 1180. The minimum Gasteiger partial charge on any atom is -0.493 e. The van der Waals surface area contributed by atoms with Crippen molar-refractivity contribution < 1.29 is 19.1 Å². The number of carbonyl (C=O) groups excluding carboxylic acids is 2. The molecule has 0 aromatic heterocycles. The van der Waals surface area contributed by atoms with Crippen LogP contribution >= 0.6 is 0 Å². The van der Waals surface area contributed by atoms with Gasteiger partial charge in [0.1, 0.15) is 0 Å². The number of rotatable bonds is 6. The Kier molecular flexibility index (Phi) is 7.55. The van der Waals surface area contributed by atoms with Gasteiger partial charge in [-0.05, 0) is 36.2 Å². The van der Waals surface area contributed by atoms with E-state index in [1.54, 1.807) is 37.3 Å². The van der Waals surface area contributed by atoms with Gasteiger partial charge >= 0.3 is 6.03 Å². The zero-order valence-corrected chi connectivity index (χ0v) is 20.4. The SMILES string of the molecule is COc1ccc(C(=O)N2CCN(C(=O)NCc3cccc(C)c3)CC2c2ccccc2)cc1OC. The Morgan fingerprint density at radius 3 is 2.40 bits per heavy atom. The molecule has 1 unspecified atom stereocenters. The van der Waals surface area contributed by atoms with E-state index in [-0.39, 0.29) is 18.0 Å². The number of methoxy groups -OCH3 is 2. The first-order valence-electron chi connectivity index (χ1n) is 11.7. The van der Waals surface area contributed by atoms with Crippen LogP contribution in [0.2, 0.25) is 0 Å². The van der Waals surface area contributed by atoms with Crippen molar-refractivity contribution in [2.75, 3.05) is 33.9 Å². The van der Waals surface area contributed by atoms with Gasteiger partial charge < -0.3 is 24.6 Å². The highest BCUT2D eigenvalue weighted by Gasteiger charge is 2.34. The van der Waals surface area contributed by atoms with Crippen LogP contribution < -0.4 is 14.8 Å². The van der Waals surface area contributed by atoms with Crippen LogP contribution in [0.4, 0.5) is 4.79 Å². The average Bonchev–Trinajstić information content (AvgIpc) is 2.91. The van der Waals surface area contributed by atoms with Crippen LogP contribution in [-0.2, 0) is 6.54 Å². The number of hydrogen-bond acceptors (Lipinski definition) is 4. The second kappa shape index (κ2) is 11.0. The molecule has 182 valence electrons. The molecule has 0 bridgehead atoms. The first-order valence-corrected chi connectivity index (χ1v) is 11.7. The van der Waals surface area contributed by atoms with Gasteiger partial charge in [0.2, 0.25) is 0 Å². The molecule has 1 aliphatic rings. The minimum absolute atomic E-state index is 0.111. The standard InChI is InChI=1S/C28H31N3O4/c1-20-8-7-9-21(16-20)18-29-28(33)30-14-15-31(24(19-30)22-10-5-4-6-11-22)27(32)23-12-13-25(34-2)26(17-23)35-3/h4-13,16-17,24H,14-15,18-19H2,1-3H3,(H,29,33). The van der Waals surface area contributed by atoms with E-state index in [9.17, 15) is 9.59 Å². The lowest BCUT2D eigenvalue weighted by Crippen LogP contribution is -2.54. The molecule has 3 amide bonds. The molecule has 1 heterocycles. The summed E-state index contributed by atoms with van der Waals surface area (Å²) in [6.45, 7) is 3.76. The molecule has 1 aliphatic heterocycles. The van der Waals surface area contributed by atoms with E-state index in [0.717, 1.165) is 16.7 Å². The molecule has 4 rings (SSSR count). The Morgan fingerprint density at radius 1 is 0.914 bits per heavy atom. The number of ether oxygens (including phenoxy) is 2.